The van der Waals surface area contributed by atoms with Crippen LogP contribution in [-0.2, 0) is 14.3 Å². The monoisotopic (exact) mass is 478 g/mol. The molecule has 1 aliphatic rings. The molecule has 2 rings (SSSR count). The molecule has 1 aromatic rings. The number of anilines is 1. The van der Waals surface area contributed by atoms with Crippen LogP contribution in [0.2, 0.25) is 0 Å². The quantitative estimate of drug-likeness (QED) is 0.672. The van der Waals surface area contributed by atoms with Crippen LogP contribution in [-0.4, -0.2) is 93.4 Å². The zero-order chi connectivity index (χ0) is 25.4. The molecule has 1 heterocycles. The van der Waals surface area contributed by atoms with Crippen molar-refractivity contribution in [1.29, 1.82) is 0 Å². The van der Waals surface area contributed by atoms with E-state index in [1.54, 1.807) is 42.2 Å². The molecular weight excluding hydrogens is 440 g/mol. The summed E-state index contributed by atoms with van der Waals surface area (Å²) in [5.41, 5.74) is 0.852. The zero-order valence-electron chi connectivity index (χ0n) is 21.2. The molecule has 0 bridgehead atoms. The Hall–Kier alpha value is -2.85. The van der Waals surface area contributed by atoms with Crippen molar-refractivity contribution < 1.29 is 28.6 Å². The van der Waals surface area contributed by atoms with Crippen LogP contribution in [0.25, 0.3) is 0 Å². The number of carbonyl (C=O) groups is 3. The van der Waals surface area contributed by atoms with Gasteiger partial charge in [-0.3, -0.25) is 9.59 Å². The molecular formula is C24H38N4O6. The maximum atomic E-state index is 13.2. The van der Waals surface area contributed by atoms with E-state index >= 15 is 0 Å². The highest BCUT2D eigenvalue weighted by Crippen LogP contribution is 2.27. The van der Waals surface area contributed by atoms with Gasteiger partial charge in [-0.05, 0) is 32.9 Å². The molecule has 190 valence electrons. The summed E-state index contributed by atoms with van der Waals surface area (Å²) in [4.78, 5) is 41.5. The first kappa shape index (κ1) is 27.4. The van der Waals surface area contributed by atoms with Gasteiger partial charge in [0, 0.05) is 58.1 Å². The van der Waals surface area contributed by atoms with Crippen molar-refractivity contribution in [1.82, 2.24) is 15.1 Å². The molecule has 0 fully saturated rings. The standard InChI is InChI=1S/C24H38N4O6/c1-15(2)25-24(31)26-18-8-9-19-20(10-18)34-13-17(4)28(22(29)14-32-6)11-16(3)21(33-7)12-27(5)23(19)30/h8-10,15-17,21H,11-14H2,1-7H3,(H2,25,26,31)/t16-,17+,21-/m1/s1. The summed E-state index contributed by atoms with van der Waals surface area (Å²) >= 11 is 0. The number of hydrogen-bond acceptors (Lipinski definition) is 6. The average Bonchev–Trinajstić information content (AvgIpc) is 2.77. The van der Waals surface area contributed by atoms with E-state index in [9.17, 15) is 14.4 Å². The summed E-state index contributed by atoms with van der Waals surface area (Å²) in [7, 11) is 4.79. The number of nitrogens with one attached hydrogen (secondary N) is 2. The van der Waals surface area contributed by atoms with Gasteiger partial charge < -0.3 is 34.6 Å². The predicted molar refractivity (Wildman–Crippen MR) is 129 cm³/mol. The van der Waals surface area contributed by atoms with Crippen molar-refractivity contribution in [3.63, 3.8) is 0 Å². The van der Waals surface area contributed by atoms with Crippen LogP contribution in [0.3, 0.4) is 0 Å². The summed E-state index contributed by atoms with van der Waals surface area (Å²) < 4.78 is 16.8. The number of hydrogen-bond donors (Lipinski definition) is 2. The minimum atomic E-state index is -0.354. The van der Waals surface area contributed by atoms with Crippen LogP contribution in [0.1, 0.15) is 38.1 Å². The molecule has 0 radical (unpaired) electrons. The Morgan fingerprint density at radius 3 is 2.53 bits per heavy atom. The van der Waals surface area contributed by atoms with E-state index in [4.69, 9.17) is 14.2 Å². The first-order chi connectivity index (χ1) is 16.1. The number of urea groups is 1. The van der Waals surface area contributed by atoms with Crippen LogP contribution < -0.4 is 15.4 Å². The second-order valence-electron chi connectivity index (χ2n) is 9.04. The number of ether oxygens (including phenoxy) is 3. The van der Waals surface area contributed by atoms with Gasteiger partial charge in [-0.1, -0.05) is 6.92 Å². The minimum Gasteiger partial charge on any atom is -0.491 e. The second-order valence-corrected chi connectivity index (χ2v) is 9.04. The summed E-state index contributed by atoms with van der Waals surface area (Å²) in [5, 5.41) is 5.52. The predicted octanol–water partition coefficient (Wildman–Crippen LogP) is 2.20. The first-order valence-electron chi connectivity index (χ1n) is 11.5. The smallest absolute Gasteiger partial charge is 0.319 e. The minimum absolute atomic E-state index is 0.0247. The number of likely N-dealkylation sites (N-methyl/N-ethyl adjacent to an activating group) is 1. The number of carbonyl (C=O) groups excluding carboxylic acids is 3. The number of benzene rings is 1. The molecule has 10 heteroatoms. The molecule has 0 saturated heterocycles. The number of fused-ring (bicyclic) bond motifs is 1. The Labute approximate surface area is 201 Å². The van der Waals surface area contributed by atoms with Crippen LogP contribution in [0, 0.1) is 5.92 Å². The molecule has 0 aromatic heterocycles. The fraction of sp³-hybridized carbons (Fsp3) is 0.625. The largest absolute Gasteiger partial charge is 0.491 e. The van der Waals surface area contributed by atoms with Crippen molar-refractivity contribution in [2.24, 2.45) is 5.92 Å². The summed E-state index contributed by atoms with van der Waals surface area (Å²) in [6, 6.07) is 4.25. The average molecular weight is 479 g/mol. The summed E-state index contributed by atoms with van der Waals surface area (Å²) in [6.07, 6.45) is -0.275. The van der Waals surface area contributed by atoms with E-state index in [0.717, 1.165) is 0 Å². The van der Waals surface area contributed by atoms with Gasteiger partial charge >= 0.3 is 6.03 Å². The topological polar surface area (TPSA) is 109 Å². The van der Waals surface area contributed by atoms with Crippen LogP contribution in [0.4, 0.5) is 10.5 Å². The molecule has 4 amide bonds. The second kappa shape index (κ2) is 12.6. The highest BCUT2D eigenvalue weighted by Gasteiger charge is 2.30. The first-order valence-corrected chi connectivity index (χ1v) is 11.5. The molecule has 0 unspecified atom stereocenters. The molecule has 34 heavy (non-hydrogen) atoms. The zero-order valence-corrected chi connectivity index (χ0v) is 21.2. The third kappa shape index (κ3) is 7.33. The molecule has 3 atom stereocenters. The Kier molecular flexibility index (Phi) is 10.1. The lowest BCUT2D eigenvalue weighted by Crippen LogP contribution is -2.49. The third-order valence-electron chi connectivity index (χ3n) is 5.71. The number of nitrogens with zero attached hydrogens (tertiary/aromatic N) is 2. The van der Waals surface area contributed by atoms with Gasteiger partial charge in [0.15, 0.2) is 0 Å². The van der Waals surface area contributed by atoms with Crippen LogP contribution in [0.15, 0.2) is 18.2 Å². The van der Waals surface area contributed by atoms with Crippen molar-refractivity contribution in [3.8, 4) is 5.75 Å². The lowest BCUT2D eigenvalue weighted by Gasteiger charge is -2.36. The Morgan fingerprint density at radius 1 is 1.21 bits per heavy atom. The number of amides is 4. The fourth-order valence-corrected chi connectivity index (χ4v) is 3.83. The van der Waals surface area contributed by atoms with Gasteiger partial charge in [0.2, 0.25) is 5.91 Å². The Bertz CT molecular complexity index is 862. The molecule has 1 aliphatic heterocycles. The van der Waals surface area contributed by atoms with Gasteiger partial charge in [0.25, 0.3) is 5.91 Å². The van der Waals surface area contributed by atoms with E-state index in [-0.39, 0.29) is 55.2 Å². The fourth-order valence-electron chi connectivity index (χ4n) is 3.83. The molecule has 1 aromatic carbocycles. The molecule has 0 saturated carbocycles. The molecule has 2 N–H and O–H groups in total. The molecule has 10 nitrogen and oxygen atoms in total. The van der Waals surface area contributed by atoms with Crippen molar-refractivity contribution in [3.05, 3.63) is 23.8 Å². The third-order valence-corrected chi connectivity index (χ3v) is 5.71. The van der Waals surface area contributed by atoms with Gasteiger partial charge in [-0.2, -0.15) is 0 Å². The van der Waals surface area contributed by atoms with E-state index < -0.39 is 0 Å². The summed E-state index contributed by atoms with van der Waals surface area (Å²) in [5.74, 6) is -0.0769. The molecule has 0 spiro atoms. The normalized spacial score (nSPS) is 21.8. The van der Waals surface area contributed by atoms with E-state index in [1.807, 2.05) is 27.7 Å². The van der Waals surface area contributed by atoms with Crippen molar-refractivity contribution in [2.75, 3.05) is 52.9 Å². The lowest BCUT2D eigenvalue weighted by molar-refractivity contribution is -0.139. The van der Waals surface area contributed by atoms with Gasteiger partial charge in [0.05, 0.1) is 17.7 Å². The van der Waals surface area contributed by atoms with E-state index in [0.29, 0.717) is 30.1 Å². The Balaban J connectivity index is 2.41. The SMILES string of the molecule is COCC(=O)N1C[C@@H](C)[C@H](OC)CN(C)C(=O)c2ccc(NC(=O)NC(C)C)cc2OC[C@@H]1C. The van der Waals surface area contributed by atoms with Crippen molar-refractivity contribution in [2.45, 2.75) is 45.9 Å². The summed E-state index contributed by atoms with van der Waals surface area (Å²) in [6.45, 7) is 8.50. The highest BCUT2D eigenvalue weighted by molar-refractivity contribution is 5.98. The van der Waals surface area contributed by atoms with E-state index in [2.05, 4.69) is 10.6 Å². The maximum absolute atomic E-state index is 13.2. The van der Waals surface area contributed by atoms with Crippen LogP contribution in [0.5, 0.6) is 5.75 Å². The lowest BCUT2D eigenvalue weighted by atomic mass is 10.0. The number of methoxy groups -OCH3 is 2. The number of rotatable bonds is 5. The Morgan fingerprint density at radius 2 is 1.91 bits per heavy atom. The van der Waals surface area contributed by atoms with Gasteiger partial charge in [0.1, 0.15) is 19.0 Å². The molecule has 0 aliphatic carbocycles. The van der Waals surface area contributed by atoms with Crippen LogP contribution >= 0.6 is 0 Å². The van der Waals surface area contributed by atoms with Gasteiger partial charge in [-0.25, -0.2) is 4.79 Å². The van der Waals surface area contributed by atoms with Gasteiger partial charge in [-0.15, -0.1) is 0 Å². The highest BCUT2D eigenvalue weighted by atomic mass is 16.5. The van der Waals surface area contributed by atoms with E-state index in [1.165, 1.54) is 7.11 Å². The van der Waals surface area contributed by atoms with Crippen molar-refractivity contribution >= 4 is 23.5 Å². The maximum Gasteiger partial charge on any atom is 0.319 e.